The van der Waals surface area contributed by atoms with E-state index in [9.17, 15) is 13.2 Å². The molecule has 1 rings (SSSR count). The van der Waals surface area contributed by atoms with Gasteiger partial charge in [0.15, 0.2) is 0 Å². The lowest BCUT2D eigenvalue weighted by Gasteiger charge is -2.21. The minimum atomic E-state index is -4.28. The smallest absolute Gasteiger partial charge is 0.378 e. The lowest BCUT2D eigenvalue weighted by atomic mass is 10.1. The molecule has 0 aliphatic heterocycles. The highest BCUT2D eigenvalue weighted by Crippen LogP contribution is 2.33. The van der Waals surface area contributed by atoms with E-state index in [1.807, 2.05) is 0 Å². The van der Waals surface area contributed by atoms with Crippen LogP contribution < -0.4 is 10.2 Å². The van der Waals surface area contributed by atoms with E-state index in [-0.39, 0.29) is 5.56 Å². The number of alkyl halides is 3. The Morgan fingerprint density at radius 1 is 1.25 bits per heavy atom. The summed E-state index contributed by atoms with van der Waals surface area (Å²) in [6.45, 7) is 0. The number of nitrogens with one attached hydrogen (secondary N) is 1. The summed E-state index contributed by atoms with van der Waals surface area (Å²) in [4.78, 5) is 1.77. The van der Waals surface area contributed by atoms with Gasteiger partial charge in [-0.2, -0.15) is 13.2 Å². The number of benzene rings is 1. The van der Waals surface area contributed by atoms with Gasteiger partial charge in [0.25, 0.3) is 0 Å². The molecule has 16 heavy (non-hydrogen) atoms. The fourth-order valence-electron chi connectivity index (χ4n) is 1.50. The fourth-order valence-corrected chi connectivity index (χ4v) is 1.50. The van der Waals surface area contributed by atoms with Crippen molar-refractivity contribution in [2.45, 2.75) is 12.2 Å². The second-order valence-corrected chi connectivity index (χ2v) is 3.75. The van der Waals surface area contributed by atoms with Gasteiger partial charge in [-0.3, -0.25) is 0 Å². The molecule has 5 heteroatoms. The summed E-state index contributed by atoms with van der Waals surface area (Å²) in [5.74, 6) is 0. The Balaban J connectivity index is 3.07. The van der Waals surface area contributed by atoms with Crippen LogP contribution in [0.15, 0.2) is 24.3 Å². The van der Waals surface area contributed by atoms with Gasteiger partial charge in [-0.05, 0) is 24.7 Å². The van der Waals surface area contributed by atoms with Gasteiger partial charge in [0.1, 0.15) is 6.04 Å². The summed E-state index contributed by atoms with van der Waals surface area (Å²) < 4.78 is 38.0. The molecule has 0 heterocycles. The molecular weight excluding hydrogens is 217 g/mol. The molecule has 1 unspecified atom stereocenters. The van der Waals surface area contributed by atoms with Gasteiger partial charge in [0.05, 0.1) is 0 Å². The topological polar surface area (TPSA) is 15.3 Å². The van der Waals surface area contributed by atoms with Gasteiger partial charge in [-0.1, -0.05) is 12.1 Å². The van der Waals surface area contributed by atoms with E-state index in [0.717, 1.165) is 5.69 Å². The Hall–Kier alpha value is -1.23. The molecule has 1 aromatic rings. The van der Waals surface area contributed by atoms with Crippen LogP contribution in [0.4, 0.5) is 18.9 Å². The summed E-state index contributed by atoms with van der Waals surface area (Å²) in [5, 5.41) is 2.28. The quantitative estimate of drug-likeness (QED) is 0.861. The Morgan fingerprint density at radius 3 is 2.31 bits per heavy atom. The third kappa shape index (κ3) is 2.88. The molecule has 2 nitrogen and oxygen atoms in total. The van der Waals surface area contributed by atoms with E-state index in [4.69, 9.17) is 0 Å². The summed E-state index contributed by atoms with van der Waals surface area (Å²) in [6.07, 6.45) is -4.28. The largest absolute Gasteiger partial charge is 0.407 e. The Kier molecular flexibility index (Phi) is 3.80. The summed E-state index contributed by atoms with van der Waals surface area (Å²) in [7, 11) is 4.89. The van der Waals surface area contributed by atoms with E-state index < -0.39 is 12.2 Å². The van der Waals surface area contributed by atoms with Crippen LogP contribution in [-0.4, -0.2) is 27.3 Å². The first-order valence-electron chi connectivity index (χ1n) is 4.87. The molecule has 1 N–H and O–H groups in total. The highest BCUT2D eigenvalue weighted by atomic mass is 19.4. The number of hydrogen-bond acceptors (Lipinski definition) is 2. The van der Waals surface area contributed by atoms with Crippen LogP contribution >= 0.6 is 0 Å². The van der Waals surface area contributed by atoms with E-state index in [0.29, 0.717) is 0 Å². The molecule has 1 aromatic carbocycles. The Labute approximate surface area is 93.1 Å². The molecule has 0 radical (unpaired) electrons. The molecule has 0 aliphatic rings. The molecule has 0 fully saturated rings. The van der Waals surface area contributed by atoms with E-state index >= 15 is 0 Å². The molecule has 0 aromatic heterocycles. The highest BCUT2D eigenvalue weighted by molar-refractivity contribution is 5.48. The van der Waals surface area contributed by atoms with Gasteiger partial charge in [0.2, 0.25) is 0 Å². The van der Waals surface area contributed by atoms with Crippen LogP contribution in [0.2, 0.25) is 0 Å². The summed E-state index contributed by atoms with van der Waals surface area (Å²) in [6, 6.07) is 4.79. The maximum atomic E-state index is 12.7. The molecule has 0 saturated heterocycles. The van der Waals surface area contributed by atoms with Gasteiger partial charge >= 0.3 is 6.18 Å². The molecule has 0 saturated carbocycles. The zero-order valence-electron chi connectivity index (χ0n) is 9.47. The van der Waals surface area contributed by atoms with E-state index in [1.165, 1.54) is 19.2 Å². The van der Waals surface area contributed by atoms with E-state index in [1.54, 1.807) is 31.1 Å². The van der Waals surface area contributed by atoms with Crippen molar-refractivity contribution in [2.75, 3.05) is 26.0 Å². The predicted octanol–water partition coefficient (Wildman–Crippen LogP) is 2.58. The SMILES string of the molecule is CNC(c1cccc(N(C)C)c1)C(F)(F)F. The van der Waals surface area contributed by atoms with Gasteiger partial charge in [-0.15, -0.1) is 0 Å². The van der Waals surface area contributed by atoms with Crippen LogP contribution in [0.25, 0.3) is 0 Å². The molecular formula is C11H15F3N2. The minimum absolute atomic E-state index is 0.223. The third-order valence-corrected chi connectivity index (χ3v) is 2.34. The summed E-state index contributed by atoms with van der Waals surface area (Å²) >= 11 is 0. The maximum absolute atomic E-state index is 12.7. The van der Waals surface area contributed by atoms with Crippen molar-refractivity contribution in [3.8, 4) is 0 Å². The van der Waals surface area contributed by atoms with Crippen molar-refractivity contribution in [2.24, 2.45) is 0 Å². The first-order valence-corrected chi connectivity index (χ1v) is 4.87. The molecule has 1 atom stereocenters. The molecule has 0 bridgehead atoms. The lowest BCUT2D eigenvalue weighted by Crippen LogP contribution is -2.31. The third-order valence-electron chi connectivity index (χ3n) is 2.34. The fraction of sp³-hybridized carbons (Fsp3) is 0.455. The van der Waals surface area contributed by atoms with Crippen LogP contribution in [0.3, 0.4) is 0 Å². The van der Waals surface area contributed by atoms with Crippen molar-refractivity contribution < 1.29 is 13.2 Å². The maximum Gasteiger partial charge on any atom is 0.407 e. The lowest BCUT2D eigenvalue weighted by molar-refractivity contribution is -0.156. The van der Waals surface area contributed by atoms with E-state index in [2.05, 4.69) is 5.32 Å². The highest BCUT2D eigenvalue weighted by Gasteiger charge is 2.39. The standard InChI is InChI=1S/C11H15F3N2/c1-15-10(11(12,13)14)8-5-4-6-9(7-8)16(2)3/h4-7,10,15H,1-3H3. The van der Waals surface area contributed by atoms with Gasteiger partial charge in [-0.25, -0.2) is 0 Å². The first-order chi connectivity index (χ1) is 7.36. The van der Waals surface area contributed by atoms with Crippen LogP contribution in [-0.2, 0) is 0 Å². The number of rotatable bonds is 3. The number of hydrogen-bond donors (Lipinski definition) is 1. The number of halogens is 3. The number of nitrogens with zero attached hydrogens (tertiary/aromatic N) is 1. The summed E-state index contributed by atoms with van der Waals surface area (Å²) in [5.41, 5.74) is 0.975. The minimum Gasteiger partial charge on any atom is -0.378 e. The van der Waals surface area contributed by atoms with Crippen LogP contribution in [0, 0.1) is 0 Å². The van der Waals surface area contributed by atoms with Crippen molar-refractivity contribution in [3.05, 3.63) is 29.8 Å². The zero-order valence-corrected chi connectivity index (χ0v) is 9.47. The molecule has 0 aliphatic carbocycles. The molecule has 0 amide bonds. The monoisotopic (exact) mass is 232 g/mol. The van der Waals surface area contributed by atoms with Crippen molar-refractivity contribution >= 4 is 5.69 Å². The first kappa shape index (κ1) is 12.8. The second-order valence-electron chi connectivity index (χ2n) is 3.75. The predicted molar refractivity (Wildman–Crippen MR) is 58.6 cm³/mol. The van der Waals surface area contributed by atoms with Crippen LogP contribution in [0.5, 0.6) is 0 Å². The van der Waals surface area contributed by atoms with Crippen molar-refractivity contribution in [1.29, 1.82) is 0 Å². The zero-order chi connectivity index (χ0) is 12.3. The van der Waals surface area contributed by atoms with Crippen molar-refractivity contribution in [1.82, 2.24) is 5.32 Å². The normalized spacial score (nSPS) is 13.6. The average Bonchev–Trinajstić information content (AvgIpc) is 2.17. The van der Waals surface area contributed by atoms with Gasteiger partial charge < -0.3 is 10.2 Å². The Bertz CT molecular complexity index is 347. The van der Waals surface area contributed by atoms with Gasteiger partial charge in [0, 0.05) is 19.8 Å². The molecule has 90 valence electrons. The van der Waals surface area contributed by atoms with Crippen molar-refractivity contribution in [3.63, 3.8) is 0 Å². The average molecular weight is 232 g/mol. The Morgan fingerprint density at radius 2 is 1.88 bits per heavy atom. The van der Waals surface area contributed by atoms with Crippen LogP contribution in [0.1, 0.15) is 11.6 Å². The second kappa shape index (κ2) is 4.74. The number of anilines is 1. The molecule has 0 spiro atoms.